The van der Waals surface area contributed by atoms with Crippen LogP contribution < -0.4 is 11.3 Å². The van der Waals surface area contributed by atoms with Crippen LogP contribution in [0, 0.1) is 5.92 Å². The van der Waals surface area contributed by atoms with Crippen molar-refractivity contribution in [1.82, 2.24) is 10.4 Å². The summed E-state index contributed by atoms with van der Waals surface area (Å²) in [5.41, 5.74) is 4.02. The normalized spacial score (nSPS) is 18.1. The Morgan fingerprint density at radius 2 is 2.38 bits per heavy atom. The molecule has 1 unspecified atom stereocenters. The van der Waals surface area contributed by atoms with Crippen LogP contribution in [0.25, 0.3) is 0 Å². The quantitative estimate of drug-likeness (QED) is 0.612. The van der Waals surface area contributed by atoms with E-state index in [1.165, 1.54) is 19.3 Å². The van der Waals surface area contributed by atoms with E-state index in [1.807, 2.05) is 6.07 Å². The monoisotopic (exact) mass is 239 g/mol. The highest BCUT2D eigenvalue weighted by Crippen LogP contribution is 2.31. The molecule has 0 radical (unpaired) electrons. The zero-order valence-corrected chi connectivity index (χ0v) is 10.1. The molecule has 88 valence electrons. The minimum Gasteiger partial charge on any atom is -0.271 e. The fraction of sp³-hybridized carbons (Fsp3) is 0.583. The fourth-order valence-corrected chi connectivity index (χ4v) is 2.37. The molecule has 2 rings (SSSR count). The summed E-state index contributed by atoms with van der Waals surface area (Å²) >= 11 is 6.08. The highest BCUT2D eigenvalue weighted by molar-refractivity contribution is 6.31. The fourth-order valence-electron chi connectivity index (χ4n) is 2.18. The van der Waals surface area contributed by atoms with Crippen LogP contribution in [-0.2, 0) is 6.42 Å². The van der Waals surface area contributed by atoms with Crippen molar-refractivity contribution in [2.24, 2.45) is 11.8 Å². The second-order valence-electron chi connectivity index (χ2n) is 4.57. The van der Waals surface area contributed by atoms with Gasteiger partial charge in [-0.1, -0.05) is 30.9 Å². The molecule has 0 bridgehead atoms. The average molecular weight is 240 g/mol. The van der Waals surface area contributed by atoms with Crippen molar-refractivity contribution in [3.8, 4) is 0 Å². The first kappa shape index (κ1) is 11.8. The number of nitrogens with two attached hydrogens (primary N) is 1. The van der Waals surface area contributed by atoms with E-state index in [9.17, 15) is 0 Å². The van der Waals surface area contributed by atoms with E-state index in [1.54, 1.807) is 12.4 Å². The van der Waals surface area contributed by atoms with Gasteiger partial charge in [0.05, 0.1) is 5.02 Å². The maximum absolute atomic E-state index is 6.08. The third-order valence-corrected chi connectivity index (χ3v) is 3.74. The Balaban J connectivity index is 1.92. The predicted molar refractivity (Wildman–Crippen MR) is 66.0 cm³/mol. The van der Waals surface area contributed by atoms with Gasteiger partial charge in [0.15, 0.2) is 0 Å². The van der Waals surface area contributed by atoms with Gasteiger partial charge in [-0.05, 0) is 30.4 Å². The average Bonchev–Trinajstić information content (AvgIpc) is 2.24. The molecule has 0 spiro atoms. The van der Waals surface area contributed by atoms with Gasteiger partial charge in [0.25, 0.3) is 0 Å². The van der Waals surface area contributed by atoms with Crippen LogP contribution >= 0.6 is 11.6 Å². The van der Waals surface area contributed by atoms with Gasteiger partial charge >= 0.3 is 0 Å². The molecule has 0 aliphatic heterocycles. The zero-order chi connectivity index (χ0) is 11.4. The molecule has 1 aliphatic carbocycles. The van der Waals surface area contributed by atoms with E-state index in [0.717, 1.165) is 29.3 Å². The van der Waals surface area contributed by atoms with Gasteiger partial charge in [0, 0.05) is 18.4 Å². The van der Waals surface area contributed by atoms with Crippen LogP contribution in [0.5, 0.6) is 0 Å². The molecule has 1 aromatic heterocycles. The Morgan fingerprint density at radius 3 is 2.94 bits per heavy atom. The zero-order valence-electron chi connectivity index (χ0n) is 9.32. The molecule has 0 aromatic carbocycles. The minimum absolute atomic E-state index is 0.324. The molecule has 0 amide bonds. The summed E-state index contributed by atoms with van der Waals surface area (Å²) in [7, 11) is 0. The SMILES string of the molecule is NNC(Cc1ccncc1Cl)CC1CCC1. The minimum atomic E-state index is 0.324. The van der Waals surface area contributed by atoms with Crippen molar-refractivity contribution < 1.29 is 0 Å². The lowest BCUT2D eigenvalue weighted by atomic mass is 9.80. The number of nitrogens with one attached hydrogen (secondary N) is 1. The number of nitrogens with zero attached hydrogens (tertiary/aromatic N) is 1. The third-order valence-electron chi connectivity index (χ3n) is 3.40. The maximum atomic E-state index is 6.08. The van der Waals surface area contributed by atoms with Gasteiger partial charge in [0.1, 0.15) is 0 Å². The summed E-state index contributed by atoms with van der Waals surface area (Å²) in [4.78, 5) is 3.98. The first-order valence-corrected chi connectivity index (χ1v) is 6.22. The van der Waals surface area contributed by atoms with Crippen LogP contribution in [0.2, 0.25) is 5.02 Å². The molecule has 4 heteroatoms. The van der Waals surface area contributed by atoms with Crippen LogP contribution in [-0.4, -0.2) is 11.0 Å². The standard InChI is InChI=1S/C12H18ClN3/c13-12-8-15-5-4-10(12)7-11(16-14)6-9-2-1-3-9/h4-5,8-9,11,16H,1-3,6-7,14H2. The second-order valence-corrected chi connectivity index (χ2v) is 4.97. The van der Waals surface area contributed by atoms with Gasteiger partial charge in [-0.3, -0.25) is 16.3 Å². The van der Waals surface area contributed by atoms with Gasteiger partial charge in [-0.2, -0.15) is 0 Å². The Morgan fingerprint density at radius 1 is 1.56 bits per heavy atom. The summed E-state index contributed by atoms with van der Waals surface area (Å²) < 4.78 is 0. The smallest absolute Gasteiger partial charge is 0.0621 e. The maximum Gasteiger partial charge on any atom is 0.0621 e. The summed E-state index contributed by atoms with van der Waals surface area (Å²) in [5.74, 6) is 6.44. The molecule has 1 fully saturated rings. The number of hydrazine groups is 1. The van der Waals surface area contributed by atoms with Crippen molar-refractivity contribution in [2.45, 2.75) is 38.1 Å². The van der Waals surface area contributed by atoms with E-state index >= 15 is 0 Å². The number of hydrogen-bond acceptors (Lipinski definition) is 3. The predicted octanol–water partition coefficient (Wildman–Crippen LogP) is 2.30. The Kier molecular flexibility index (Phi) is 4.16. The van der Waals surface area contributed by atoms with Crippen molar-refractivity contribution in [2.75, 3.05) is 0 Å². The highest BCUT2D eigenvalue weighted by Gasteiger charge is 2.22. The highest BCUT2D eigenvalue weighted by atomic mass is 35.5. The lowest BCUT2D eigenvalue weighted by molar-refractivity contribution is 0.259. The summed E-state index contributed by atoms with van der Waals surface area (Å²) in [5, 5.41) is 0.733. The number of aromatic nitrogens is 1. The molecule has 16 heavy (non-hydrogen) atoms. The van der Waals surface area contributed by atoms with Crippen molar-refractivity contribution in [3.63, 3.8) is 0 Å². The van der Waals surface area contributed by atoms with Gasteiger partial charge in [-0.15, -0.1) is 0 Å². The molecule has 3 N–H and O–H groups in total. The van der Waals surface area contributed by atoms with Crippen LogP contribution in [0.15, 0.2) is 18.5 Å². The molecular weight excluding hydrogens is 222 g/mol. The van der Waals surface area contributed by atoms with E-state index in [4.69, 9.17) is 17.4 Å². The lowest BCUT2D eigenvalue weighted by Gasteiger charge is -2.29. The van der Waals surface area contributed by atoms with Crippen LogP contribution in [0.1, 0.15) is 31.2 Å². The van der Waals surface area contributed by atoms with Gasteiger partial charge in [0.2, 0.25) is 0 Å². The number of hydrogen-bond donors (Lipinski definition) is 2. The Labute approximate surface area is 101 Å². The van der Waals surface area contributed by atoms with Crippen LogP contribution in [0.4, 0.5) is 0 Å². The van der Waals surface area contributed by atoms with Crippen molar-refractivity contribution in [1.29, 1.82) is 0 Å². The van der Waals surface area contributed by atoms with Gasteiger partial charge in [-0.25, -0.2) is 0 Å². The van der Waals surface area contributed by atoms with Gasteiger partial charge < -0.3 is 0 Å². The summed E-state index contributed by atoms with van der Waals surface area (Å²) in [6.45, 7) is 0. The number of halogens is 1. The van der Waals surface area contributed by atoms with Crippen molar-refractivity contribution in [3.05, 3.63) is 29.0 Å². The first-order valence-electron chi connectivity index (χ1n) is 5.84. The third kappa shape index (κ3) is 2.94. The van der Waals surface area contributed by atoms with E-state index in [2.05, 4.69) is 10.4 Å². The van der Waals surface area contributed by atoms with E-state index in [0.29, 0.717) is 6.04 Å². The van der Waals surface area contributed by atoms with E-state index < -0.39 is 0 Å². The first-order chi connectivity index (χ1) is 7.79. The molecular formula is C12H18ClN3. The van der Waals surface area contributed by atoms with Crippen LogP contribution in [0.3, 0.4) is 0 Å². The molecule has 1 aromatic rings. The number of pyridine rings is 1. The Bertz CT molecular complexity index is 339. The molecule has 1 heterocycles. The summed E-state index contributed by atoms with van der Waals surface area (Å²) in [6.07, 6.45) is 9.57. The van der Waals surface area contributed by atoms with Crippen molar-refractivity contribution >= 4 is 11.6 Å². The molecule has 1 saturated carbocycles. The lowest BCUT2D eigenvalue weighted by Crippen LogP contribution is -2.39. The molecule has 1 atom stereocenters. The molecule has 1 aliphatic rings. The topological polar surface area (TPSA) is 50.9 Å². The summed E-state index contributed by atoms with van der Waals surface area (Å²) in [6, 6.07) is 2.29. The second kappa shape index (κ2) is 5.62. The Hall–Kier alpha value is -0.640. The molecule has 0 saturated heterocycles. The molecule has 3 nitrogen and oxygen atoms in total. The largest absolute Gasteiger partial charge is 0.271 e. The van der Waals surface area contributed by atoms with E-state index in [-0.39, 0.29) is 0 Å². The number of rotatable bonds is 5.